The number of para-hydroxylation sites is 1. The number of nitrogens with one attached hydrogen (secondary N) is 2. The maximum Gasteiger partial charge on any atom is 0.274 e. The highest BCUT2D eigenvalue weighted by atomic mass is 35.5. The van der Waals surface area contributed by atoms with Crippen molar-refractivity contribution in [2.45, 2.75) is 13.5 Å². The van der Waals surface area contributed by atoms with Crippen molar-refractivity contribution in [2.75, 3.05) is 5.32 Å². The summed E-state index contributed by atoms with van der Waals surface area (Å²) in [5, 5.41) is 8.83. The number of rotatable bonds is 4. The average Bonchev–Trinajstić information content (AvgIpc) is 3.23. The largest absolute Gasteiger partial charge is 0.378 e. The first-order valence-electron chi connectivity index (χ1n) is 7.63. The lowest BCUT2D eigenvalue weighted by atomic mass is 10.2. The van der Waals surface area contributed by atoms with Gasteiger partial charge in [0.2, 0.25) is 0 Å². The lowest BCUT2D eigenvalue weighted by Gasteiger charge is -2.10. The standard InChI is InChI=1S/C17H14ClN5OS/c1-10-4-2-5-12(18)15(10)19-9-11-8-14(24)23-17(20-11)21-16(22-23)13-6-3-7-25-13/h2-8,19H,9H2,1H3,(H,20,21,22). The number of hydrogen-bond donors (Lipinski definition) is 2. The first-order chi connectivity index (χ1) is 12.1. The zero-order chi connectivity index (χ0) is 17.4. The van der Waals surface area contributed by atoms with Crippen molar-refractivity contribution in [3.05, 3.63) is 68.4 Å². The lowest BCUT2D eigenvalue weighted by Crippen LogP contribution is -2.17. The molecule has 4 aromatic rings. The third-order valence-corrected chi connectivity index (χ3v) is 5.00. The molecule has 0 aliphatic carbocycles. The second-order valence-corrected chi connectivity index (χ2v) is 6.91. The van der Waals surface area contributed by atoms with Gasteiger partial charge in [-0.2, -0.15) is 9.50 Å². The minimum atomic E-state index is -0.201. The number of aromatic amines is 1. The highest BCUT2D eigenvalue weighted by Gasteiger charge is 2.11. The van der Waals surface area contributed by atoms with Crippen LogP contribution in [0, 0.1) is 6.92 Å². The van der Waals surface area contributed by atoms with Gasteiger partial charge < -0.3 is 5.32 Å². The van der Waals surface area contributed by atoms with Gasteiger partial charge in [0.05, 0.1) is 27.8 Å². The Morgan fingerprint density at radius 1 is 1.28 bits per heavy atom. The number of hydrogen-bond acceptors (Lipinski definition) is 5. The summed E-state index contributed by atoms with van der Waals surface area (Å²) < 4.78 is 1.35. The van der Waals surface area contributed by atoms with E-state index >= 15 is 0 Å². The summed E-state index contributed by atoms with van der Waals surface area (Å²) in [7, 11) is 0. The molecule has 0 amide bonds. The van der Waals surface area contributed by atoms with E-state index in [2.05, 4.69) is 20.4 Å². The van der Waals surface area contributed by atoms with Crippen LogP contribution >= 0.6 is 22.9 Å². The molecular weight excluding hydrogens is 358 g/mol. The zero-order valence-corrected chi connectivity index (χ0v) is 14.9. The molecule has 0 fully saturated rings. The van der Waals surface area contributed by atoms with Crippen LogP contribution in [0.1, 0.15) is 11.3 Å². The van der Waals surface area contributed by atoms with Crippen molar-refractivity contribution in [2.24, 2.45) is 0 Å². The number of anilines is 1. The molecular formula is C17H14ClN5OS. The maximum absolute atomic E-state index is 12.3. The van der Waals surface area contributed by atoms with E-state index < -0.39 is 0 Å². The molecule has 0 unspecified atom stereocenters. The molecule has 6 nitrogen and oxygen atoms in total. The highest BCUT2D eigenvalue weighted by molar-refractivity contribution is 7.13. The van der Waals surface area contributed by atoms with Crippen LogP contribution in [0.25, 0.3) is 16.5 Å². The Balaban J connectivity index is 1.66. The molecule has 0 spiro atoms. The SMILES string of the molecule is Cc1cccc(Cl)c1NCc1cc(=O)n2[nH]c(-c3cccs3)nc2n1. The molecule has 2 N–H and O–H groups in total. The van der Waals surface area contributed by atoms with E-state index in [9.17, 15) is 4.79 Å². The topological polar surface area (TPSA) is 75.1 Å². The fraction of sp³-hybridized carbons (Fsp3) is 0.118. The van der Waals surface area contributed by atoms with E-state index in [0.29, 0.717) is 28.9 Å². The second kappa shape index (κ2) is 6.34. The Morgan fingerprint density at radius 2 is 2.16 bits per heavy atom. The number of nitrogens with zero attached hydrogens (tertiary/aromatic N) is 3. The molecule has 4 rings (SSSR count). The molecule has 3 aromatic heterocycles. The van der Waals surface area contributed by atoms with E-state index in [1.54, 1.807) is 11.3 Å². The number of halogens is 1. The van der Waals surface area contributed by atoms with E-state index in [4.69, 9.17) is 11.6 Å². The number of aryl methyl sites for hydroxylation is 1. The van der Waals surface area contributed by atoms with Crippen molar-refractivity contribution in [3.8, 4) is 10.7 Å². The summed E-state index contributed by atoms with van der Waals surface area (Å²) in [6, 6.07) is 11.1. The monoisotopic (exact) mass is 371 g/mol. The molecule has 0 aliphatic heterocycles. The fourth-order valence-corrected chi connectivity index (χ4v) is 3.53. The minimum Gasteiger partial charge on any atom is -0.378 e. The van der Waals surface area contributed by atoms with Crippen LogP contribution in [0.15, 0.2) is 46.6 Å². The lowest BCUT2D eigenvalue weighted by molar-refractivity contribution is 0.879. The molecule has 3 heterocycles. The van der Waals surface area contributed by atoms with Crippen LogP contribution < -0.4 is 10.9 Å². The summed E-state index contributed by atoms with van der Waals surface area (Å²) in [5.41, 5.74) is 2.28. The van der Waals surface area contributed by atoms with Gasteiger partial charge >= 0.3 is 0 Å². The Bertz CT molecular complexity index is 1080. The van der Waals surface area contributed by atoms with Crippen LogP contribution in [0.5, 0.6) is 0 Å². The summed E-state index contributed by atoms with van der Waals surface area (Å²) in [4.78, 5) is 22.2. The van der Waals surface area contributed by atoms with Gasteiger partial charge in [-0.3, -0.25) is 9.89 Å². The third-order valence-electron chi connectivity index (χ3n) is 3.81. The average molecular weight is 372 g/mol. The molecule has 0 saturated heterocycles. The van der Waals surface area contributed by atoms with E-state index in [-0.39, 0.29) is 5.56 Å². The van der Waals surface area contributed by atoms with Crippen LogP contribution in [-0.2, 0) is 6.54 Å². The van der Waals surface area contributed by atoms with Crippen LogP contribution in [0.2, 0.25) is 5.02 Å². The minimum absolute atomic E-state index is 0.201. The van der Waals surface area contributed by atoms with E-state index in [0.717, 1.165) is 16.1 Å². The quantitative estimate of drug-likeness (QED) is 0.573. The summed E-state index contributed by atoms with van der Waals surface area (Å²) in [6.07, 6.45) is 0. The fourth-order valence-electron chi connectivity index (χ4n) is 2.58. The van der Waals surface area contributed by atoms with Crippen LogP contribution in [0.4, 0.5) is 5.69 Å². The first kappa shape index (κ1) is 15.9. The Hall–Kier alpha value is -2.64. The Morgan fingerprint density at radius 3 is 2.92 bits per heavy atom. The van der Waals surface area contributed by atoms with Crippen molar-refractivity contribution in [1.29, 1.82) is 0 Å². The van der Waals surface area contributed by atoms with Crippen molar-refractivity contribution < 1.29 is 0 Å². The summed E-state index contributed by atoms with van der Waals surface area (Å²) in [6.45, 7) is 2.36. The molecule has 0 atom stereocenters. The molecule has 0 radical (unpaired) electrons. The number of H-pyrrole nitrogens is 1. The number of benzene rings is 1. The number of aromatic nitrogens is 4. The number of thiophene rings is 1. The molecule has 0 saturated carbocycles. The van der Waals surface area contributed by atoms with Gasteiger partial charge in [0, 0.05) is 6.07 Å². The smallest absolute Gasteiger partial charge is 0.274 e. The number of fused-ring (bicyclic) bond motifs is 1. The van der Waals surface area contributed by atoms with Crippen LogP contribution in [-0.4, -0.2) is 19.6 Å². The predicted molar refractivity (Wildman–Crippen MR) is 100 cm³/mol. The van der Waals surface area contributed by atoms with Gasteiger partial charge in [0.25, 0.3) is 11.3 Å². The summed E-state index contributed by atoms with van der Waals surface area (Å²) in [5.74, 6) is 0.982. The molecule has 1 aromatic carbocycles. The van der Waals surface area contributed by atoms with Crippen molar-refractivity contribution in [3.63, 3.8) is 0 Å². The van der Waals surface area contributed by atoms with Gasteiger partial charge in [-0.1, -0.05) is 29.8 Å². The second-order valence-electron chi connectivity index (χ2n) is 5.56. The molecule has 126 valence electrons. The first-order valence-corrected chi connectivity index (χ1v) is 8.89. The normalized spacial score (nSPS) is 11.1. The summed E-state index contributed by atoms with van der Waals surface area (Å²) >= 11 is 7.77. The van der Waals surface area contributed by atoms with Crippen molar-refractivity contribution in [1.82, 2.24) is 19.6 Å². The van der Waals surface area contributed by atoms with E-state index in [1.165, 1.54) is 10.6 Å². The predicted octanol–water partition coefficient (Wildman–Crippen LogP) is 3.72. The van der Waals surface area contributed by atoms with Crippen molar-refractivity contribution >= 4 is 34.4 Å². The van der Waals surface area contributed by atoms with Crippen LogP contribution in [0.3, 0.4) is 0 Å². The zero-order valence-electron chi connectivity index (χ0n) is 13.3. The highest BCUT2D eigenvalue weighted by Crippen LogP contribution is 2.25. The van der Waals surface area contributed by atoms with E-state index in [1.807, 2.05) is 42.6 Å². The molecule has 8 heteroatoms. The van der Waals surface area contributed by atoms with Gasteiger partial charge in [0.15, 0.2) is 5.82 Å². The van der Waals surface area contributed by atoms with Gasteiger partial charge in [-0.05, 0) is 30.0 Å². The molecule has 25 heavy (non-hydrogen) atoms. The molecule has 0 aliphatic rings. The molecule has 0 bridgehead atoms. The Labute approximate surface area is 152 Å². The Kier molecular flexibility index (Phi) is 4.03. The van der Waals surface area contributed by atoms with Gasteiger partial charge in [0.1, 0.15) is 0 Å². The van der Waals surface area contributed by atoms with Gasteiger partial charge in [-0.25, -0.2) is 4.98 Å². The van der Waals surface area contributed by atoms with Gasteiger partial charge in [-0.15, -0.1) is 11.3 Å². The third kappa shape index (κ3) is 3.04. The maximum atomic E-state index is 12.3.